The molecule has 26 heavy (non-hydrogen) atoms. The normalized spacial score (nSPS) is 16.8. The summed E-state index contributed by atoms with van der Waals surface area (Å²) in [5, 5.41) is 7.45. The number of hydrogen-bond acceptors (Lipinski definition) is 4. The monoisotopic (exact) mass is 372 g/mol. The molecule has 0 unspecified atom stereocenters. The molecular formula is C20H24N2O3S. The molecule has 6 heteroatoms. The van der Waals surface area contributed by atoms with Crippen molar-refractivity contribution in [2.45, 2.75) is 32.1 Å². The third kappa shape index (κ3) is 5.14. The second-order valence-electron chi connectivity index (χ2n) is 6.32. The van der Waals surface area contributed by atoms with Gasteiger partial charge in [0.05, 0.1) is 17.9 Å². The fraction of sp³-hybridized carbons (Fsp3) is 0.400. The number of hydrogen-bond donors (Lipinski definition) is 2. The Morgan fingerprint density at radius 2 is 2.04 bits per heavy atom. The molecule has 5 nitrogen and oxygen atoms in total. The van der Waals surface area contributed by atoms with Crippen LogP contribution in [-0.4, -0.2) is 30.7 Å². The molecule has 0 spiro atoms. The van der Waals surface area contributed by atoms with Crippen LogP contribution in [-0.2, 0) is 9.53 Å². The molecule has 1 aromatic carbocycles. The summed E-state index contributed by atoms with van der Waals surface area (Å²) < 4.78 is 5.37. The number of carbonyl (C=O) groups is 2. The van der Waals surface area contributed by atoms with Gasteiger partial charge in [-0.1, -0.05) is 23.8 Å². The molecule has 0 aromatic heterocycles. The molecule has 2 aliphatic rings. The van der Waals surface area contributed by atoms with Crippen LogP contribution in [0.3, 0.4) is 0 Å². The van der Waals surface area contributed by atoms with E-state index in [0.717, 1.165) is 25.0 Å². The number of nitrogens with one attached hydrogen (secondary N) is 2. The number of anilines is 1. The first-order valence-electron chi connectivity index (χ1n) is 9.05. The highest BCUT2D eigenvalue weighted by Gasteiger charge is 2.18. The minimum Gasteiger partial charge on any atom is -0.487 e. The van der Waals surface area contributed by atoms with Crippen molar-refractivity contribution >= 4 is 29.3 Å². The highest BCUT2D eigenvalue weighted by atomic mass is 32.2. The third-order valence-corrected chi connectivity index (χ3v) is 5.19. The predicted molar refractivity (Wildman–Crippen MR) is 105 cm³/mol. The molecule has 1 aliphatic carbocycles. The average molecular weight is 372 g/mol. The summed E-state index contributed by atoms with van der Waals surface area (Å²) in [6.07, 6.45) is 7.97. The van der Waals surface area contributed by atoms with Crippen molar-refractivity contribution in [3.63, 3.8) is 0 Å². The van der Waals surface area contributed by atoms with E-state index in [0.29, 0.717) is 30.2 Å². The molecule has 0 fully saturated rings. The van der Waals surface area contributed by atoms with Crippen molar-refractivity contribution in [3.05, 3.63) is 52.6 Å². The van der Waals surface area contributed by atoms with E-state index in [1.54, 1.807) is 41.4 Å². The molecule has 0 bridgehead atoms. The van der Waals surface area contributed by atoms with Crippen molar-refractivity contribution in [3.8, 4) is 0 Å². The second kappa shape index (κ2) is 9.48. The van der Waals surface area contributed by atoms with Gasteiger partial charge in [0.15, 0.2) is 5.76 Å². The summed E-state index contributed by atoms with van der Waals surface area (Å²) >= 11 is 1.54. The Morgan fingerprint density at radius 3 is 2.81 bits per heavy atom. The lowest BCUT2D eigenvalue weighted by Gasteiger charge is -2.16. The van der Waals surface area contributed by atoms with Crippen LogP contribution in [0, 0.1) is 0 Å². The Morgan fingerprint density at radius 1 is 1.15 bits per heavy atom. The van der Waals surface area contributed by atoms with Crippen molar-refractivity contribution < 1.29 is 14.3 Å². The van der Waals surface area contributed by atoms with Gasteiger partial charge in [0.1, 0.15) is 0 Å². The zero-order chi connectivity index (χ0) is 18.2. The smallest absolute Gasteiger partial charge is 0.291 e. The standard InChI is InChI=1S/C20H24N2O3S/c23-19(21-11-10-15-6-2-1-3-7-15)16-8-4-5-9-17(16)22-20(24)18-14-26-13-12-25-18/h4-6,8-9,14H,1-3,7,10-13H2,(H,21,23)(H,22,24). The van der Waals surface area contributed by atoms with Crippen LogP contribution in [0.5, 0.6) is 0 Å². The average Bonchev–Trinajstić information content (AvgIpc) is 2.70. The maximum atomic E-state index is 12.5. The lowest BCUT2D eigenvalue weighted by Crippen LogP contribution is -2.27. The van der Waals surface area contributed by atoms with Crippen LogP contribution in [0.4, 0.5) is 5.69 Å². The SMILES string of the molecule is O=C(Nc1ccccc1C(=O)NCCC1=CCCCC1)C1=CSCCO1. The first-order valence-corrected chi connectivity index (χ1v) is 10.1. The molecule has 138 valence electrons. The first-order chi connectivity index (χ1) is 12.7. The molecule has 2 N–H and O–H groups in total. The number of para-hydroxylation sites is 1. The molecule has 1 aromatic rings. The van der Waals surface area contributed by atoms with E-state index in [1.807, 2.05) is 0 Å². The van der Waals surface area contributed by atoms with Gasteiger partial charge in [-0.2, -0.15) is 0 Å². The van der Waals surface area contributed by atoms with E-state index in [2.05, 4.69) is 16.7 Å². The van der Waals surface area contributed by atoms with E-state index >= 15 is 0 Å². The van der Waals surface area contributed by atoms with Gasteiger partial charge in [-0.15, -0.1) is 11.8 Å². The fourth-order valence-corrected chi connectivity index (χ4v) is 3.65. The highest BCUT2D eigenvalue weighted by molar-refractivity contribution is 8.02. The molecule has 0 saturated carbocycles. The highest BCUT2D eigenvalue weighted by Crippen LogP contribution is 2.21. The van der Waals surface area contributed by atoms with Gasteiger partial charge < -0.3 is 15.4 Å². The number of carbonyl (C=O) groups excluding carboxylic acids is 2. The summed E-state index contributed by atoms with van der Waals surface area (Å²) in [4.78, 5) is 24.8. The molecular weight excluding hydrogens is 348 g/mol. The maximum absolute atomic E-state index is 12.5. The summed E-state index contributed by atoms with van der Waals surface area (Å²) in [7, 11) is 0. The van der Waals surface area contributed by atoms with E-state index in [4.69, 9.17) is 4.74 Å². The van der Waals surface area contributed by atoms with Crippen molar-refractivity contribution in [1.82, 2.24) is 5.32 Å². The van der Waals surface area contributed by atoms with Crippen LogP contribution < -0.4 is 10.6 Å². The Hall–Kier alpha value is -2.21. The number of amides is 2. The van der Waals surface area contributed by atoms with Crippen LogP contribution in [0.15, 0.2) is 47.1 Å². The van der Waals surface area contributed by atoms with Crippen molar-refractivity contribution in [2.24, 2.45) is 0 Å². The number of benzene rings is 1. The van der Waals surface area contributed by atoms with Crippen LogP contribution >= 0.6 is 11.8 Å². The number of allylic oxidation sites excluding steroid dienone is 1. The summed E-state index contributed by atoms with van der Waals surface area (Å²) in [5.41, 5.74) is 2.38. The van der Waals surface area contributed by atoms with Crippen LogP contribution in [0.1, 0.15) is 42.5 Å². The molecule has 2 amide bonds. The second-order valence-corrected chi connectivity index (χ2v) is 7.29. The summed E-state index contributed by atoms with van der Waals surface area (Å²) in [6, 6.07) is 7.03. The van der Waals surface area contributed by atoms with Gasteiger partial charge in [0, 0.05) is 17.7 Å². The summed E-state index contributed by atoms with van der Waals surface area (Å²) in [6.45, 7) is 1.12. The largest absolute Gasteiger partial charge is 0.487 e. The number of rotatable bonds is 6. The lowest BCUT2D eigenvalue weighted by atomic mass is 9.97. The maximum Gasteiger partial charge on any atom is 0.291 e. The molecule has 3 rings (SSSR count). The fourth-order valence-electron chi connectivity index (χ4n) is 3.02. The molecule has 0 radical (unpaired) electrons. The van der Waals surface area contributed by atoms with Gasteiger partial charge >= 0.3 is 0 Å². The minimum absolute atomic E-state index is 0.176. The van der Waals surface area contributed by atoms with Gasteiger partial charge in [0.25, 0.3) is 11.8 Å². The molecule has 0 saturated heterocycles. The summed E-state index contributed by atoms with van der Waals surface area (Å²) in [5.74, 6) is 0.627. The lowest BCUT2D eigenvalue weighted by molar-refractivity contribution is -0.116. The van der Waals surface area contributed by atoms with Gasteiger partial charge in [0.2, 0.25) is 0 Å². The third-order valence-electron chi connectivity index (χ3n) is 4.41. The predicted octanol–water partition coefficient (Wildman–Crippen LogP) is 3.85. The molecule has 1 heterocycles. The Kier molecular flexibility index (Phi) is 6.77. The van der Waals surface area contributed by atoms with Crippen LogP contribution in [0.2, 0.25) is 0 Å². The van der Waals surface area contributed by atoms with Crippen LogP contribution in [0.25, 0.3) is 0 Å². The topological polar surface area (TPSA) is 67.4 Å². The van der Waals surface area contributed by atoms with Gasteiger partial charge in [-0.3, -0.25) is 9.59 Å². The molecule has 1 aliphatic heterocycles. The van der Waals surface area contributed by atoms with E-state index in [9.17, 15) is 9.59 Å². The number of ether oxygens (including phenoxy) is 1. The zero-order valence-electron chi connectivity index (χ0n) is 14.8. The van der Waals surface area contributed by atoms with E-state index in [1.165, 1.54) is 18.4 Å². The van der Waals surface area contributed by atoms with Gasteiger partial charge in [-0.25, -0.2) is 0 Å². The first kappa shape index (κ1) is 18.6. The Bertz CT molecular complexity index is 728. The zero-order valence-corrected chi connectivity index (χ0v) is 15.6. The van der Waals surface area contributed by atoms with Crippen molar-refractivity contribution in [2.75, 3.05) is 24.2 Å². The quantitative estimate of drug-likeness (QED) is 0.745. The van der Waals surface area contributed by atoms with E-state index < -0.39 is 0 Å². The molecule has 0 atom stereocenters. The van der Waals surface area contributed by atoms with Crippen molar-refractivity contribution in [1.29, 1.82) is 0 Å². The van der Waals surface area contributed by atoms with E-state index in [-0.39, 0.29) is 11.8 Å². The van der Waals surface area contributed by atoms with Gasteiger partial charge in [-0.05, 0) is 44.2 Å². The minimum atomic E-state index is -0.329. The Labute approximate surface area is 158 Å². The number of thioether (sulfide) groups is 1. The Balaban J connectivity index is 1.58.